The molecule has 0 aromatic heterocycles. The van der Waals surface area contributed by atoms with Gasteiger partial charge < -0.3 is 19.4 Å². The van der Waals surface area contributed by atoms with E-state index >= 15 is 4.39 Å². The lowest BCUT2D eigenvalue weighted by molar-refractivity contribution is -0.148. The number of morpholine rings is 1. The molecule has 1 aliphatic carbocycles. The standard InChI is InChI=1S/C36H54F2N4O4/c1-23-8-11-25(12-9-23)42(34(45)35(2,3)4)26-19-31(33(44)39-14-16-46-17-15-39)41(20-26)32(43)29-22-40(36(5,6)7)21-28(29)27-13-10-24(37)18-30(27)38/h10,13,18,23,25-26,28-29,31H,8-9,11-12,14-17,19-22H2,1-7H3/t23?,25?,26-,28-,29+,31-/m0/s1. The summed E-state index contributed by atoms with van der Waals surface area (Å²) in [6.07, 6.45) is 4.27. The largest absolute Gasteiger partial charge is 0.378 e. The molecular weight excluding hydrogens is 590 g/mol. The van der Waals surface area contributed by atoms with Gasteiger partial charge in [0.1, 0.15) is 17.7 Å². The van der Waals surface area contributed by atoms with Crippen molar-refractivity contribution in [2.45, 2.75) is 110 Å². The Kier molecular flexibility index (Phi) is 10.2. The second-order valence-corrected chi connectivity index (χ2v) is 16.2. The summed E-state index contributed by atoms with van der Waals surface area (Å²) in [5.74, 6) is -2.10. The van der Waals surface area contributed by atoms with Crippen LogP contribution in [0.15, 0.2) is 18.2 Å². The molecule has 1 saturated carbocycles. The highest BCUT2D eigenvalue weighted by atomic mass is 19.1. The normalized spacial score (nSPS) is 29.7. The molecule has 0 radical (unpaired) electrons. The van der Waals surface area contributed by atoms with Gasteiger partial charge in [0.15, 0.2) is 0 Å². The number of carbonyl (C=O) groups excluding carboxylic acids is 3. The van der Waals surface area contributed by atoms with E-state index in [1.54, 1.807) is 9.80 Å². The van der Waals surface area contributed by atoms with E-state index in [0.717, 1.165) is 31.7 Å². The molecule has 1 aromatic rings. The van der Waals surface area contributed by atoms with Crippen LogP contribution in [0.4, 0.5) is 8.78 Å². The van der Waals surface area contributed by atoms with E-state index in [-0.39, 0.29) is 41.9 Å². The third kappa shape index (κ3) is 7.28. The van der Waals surface area contributed by atoms with Gasteiger partial charge >= 0.3 is 0 Å². The number of ether oxygens (including phenoxy) is 1. The van der Waals surface area contributed by atoms with Gasteiger partial charge in [-0.3, -0.25) is 19.3 Å². The van der Waals surface area contributed by atoms with E-state index in [2.05, 4.69) is 32.6 Å². The summed E-state index contributed by atoms with van der Waals surface area (Å²) in [7, 11) is 0. The monoisotopic (exact) mass is 644 g/mol. The summed E-state index contributed by atoms with van der Waals surface area (Å²) in [4.78, 5) is 50.9. The Morgan fingerprint density at radius 3 is 2.11 bits per heavy atom. The van der Waals surface area contributed by atoms with Crippen LogP contribution in [0.1, 0.15) is 92.1 Å². The van der Waals surface area contributed by atoms with Crippen LogP contribution in [0, 0.1) is 28.9 Å². The number of rotatable bonds is 5. The SMILES string of the molecule is CC1CCC(N(C(=O)C(C)(C)C)[C@H]2C[C@@H](C(=O)N3CCOCC3)N(C(=O)[C@@H]3CN(C(C)(C)C)C[C@H]3c3ccc(F)cc3F)C2)CC1. The summed E-state index contributed by atoms with van der Waals surface area (Å²) in [6.45, 7) is 17.2. The van der Waals surface area contributed by atoms with Crippen molar-refractivity contribution in [3.63, 3.8) is 0 Å². The molecule has 3 aliphatic heterocycles. The van der Waals surface area contributed by atoms with Crippen LogP contribution in [0.2, 0.25) is 0 Å². The predicted octanol–water partition coefficient (Wildman–Crippen LogP) is 5.06. The van der Waals surface area contributed by atoms with Gasteiger partial charge in [-0.1, -0.05) is 33.8 Å². The number of hydrogen-bond donors (Lipinski definition) is 0. The first kappa shape index (κ1) is 34.7. The molecule has 256 valence electrons. The van der Waals surface area contributed by atoms with Crippen LogP contribution in [0.3, 0.4) is 0 Å². The lowest BCUT2D eigenvalue weighted by Gasteiger charge is -2.42. The highest BCUT2D eigenvalue weighted by molar-refractivity contribution is 5.91. The second-order valence-electron chi connectivity index (χ2n) is 16.2. The van der Waals surface area contributed by atoms with Crippen molar-refractivity contribution >= 4 is 17.7 Å². The van der Waals surface area contributed by atoms with E-state index < -0.39 is 34.9 Å². The van der Waals surface area contributed by atoms with Crippen LogP contribution < -0.4 is 0 Å². The average Bonchev–Trinajstić information content (AvgIpc) is 3.63. The van der Waals surface area contributed by atoms with Crippen LogP contribution in [0.5, 0.6) is 0 Å². The van der Waals surface area contributed by atoms with E-state index in [4.69, 9.17) is 4.74 Å². The highest BCUT2D eigenvalue weighted by Crippen LogP contribution is 2.41. The lowest BCUT2D eigenvalue weighted by atomic mass is 9.84. The van der Waals surface area contributed by atoms with Gasteiger partial charge in [0.05, 0.1) is 25.2 Å². The van der Waals surface area contributed by atoms with Crippen molar-refractivity contribution in [1.82, 2.24) is 19.6 Å². The first-order valence-corrected chi connectivity index (χ1v) is 17.3. The Morgan fingerprint density at radius 2 is 1.52 bits per heavy atom. The number of nitrogens with zero attached hydrogens (tertiary/aromatic N) is 4. The maximum atomic E-state index is 15.3. The molecule has 3 saturated heterocycles. The van der Waals surface area contributed by atoms with Gasteiger partial charge in [0.25, 0.3) is 0 Å². The maximum absolute atomic E-state index is 15.3. The Balaban J connectivity index is 1.51. The molecule has 3 amide bonds. The molecule has 3 heterocycles. The molecule has 5 rings (SSSR count). The van der Waals surface area contributed by atoms with Gasteiger partial charge in [-0.25, -0.2) is 8.78 Å². The Bertz CT molecular complexity index is 1280. The van der Waals surface area contributed by atoms with Crippen molar-refractivity contribution in [2.75, 3.05) is 45.9 Å². The summed E-state index contributed by atoms with van der Waals surface area (Å²) < 4.78 is 34.8. The number of amides is 3. The minimum absolute atomic E-state index is 0.0509. The number of likely N-dealkylation sites (tertiary alicyclic amines) is 2. The minimum atomic E-state index is -0.726. The van der Waals surface area contributed by atoms with Gasteiger partial charge in [0, 0.05) is 61.7 Å². The van der Waals surface area contributed by atoms with Gasteiger partial charge in [-0.15, -0.1) is 0 Å². The van der Waals surface area contributed by atoms with Gasteiger partial charge in [-0.05, 0) is 70.4 Å². The molecule has 0 spiro atoms. The molecular formula is C36H54F2N4O4. The van der Waals surface area contributed by atoms with E-state index in [1.165, 1.54) is 12.1 Å². The van der Waals surface area contributed by atoms with Crippen LogP contribution in [-0.4, -0.2) is 107 Å². The number of hydrogen-bond acceptors (Lipinski definition) is 5. The molecule has 46 heavy (non-hydrogen) atoms. The average molecular weight is 645 g/mol. The molecule has 0 N–H and O–H groups in total. The zero-order valence-electron chi connectivity index (χ0n) is 28.9. The fraction of sp³-hybridized carbons (Fsp3) is 0.750. The molecule has 10 heteroatoms. The lowest BCUT2D eigenvalue weighted by Crippen LogP contribution is -2.53. The zero-order valence-corrected chi connectivity index (χ0v) is 28.9. The number of carbonyl (C=O) groups is 3. The van der Waals surface area contributed by atoms with Crippen LogP contribution in [0.25, 0.3) is 0 Å². The summed E-state index contributed by atoms with van der Waals surface area (Å²) >= 11 is 0. The molecule has 8 nitrogen and oxygen atoms in total. The Labute approximate surface area is 273 Å². The van der Waals surface area contributed by atoms with E-state index in [0.29, 0.717) is 57.3 Å². The number of halogens is 2. The molecule has 1 aromatic carbocycles. The Hall–Kier alpha value is -2.59. The molecule has 0 unspecified atom stereocenters. The molecule has 0 bridgehead atoms. The molecule has 4 atom stereocenters. The molecule has 4 aliphatic rings. The second kappa shape index (κ2) is 13.5. The fourth-order valence-corrected chi connectivity index (χ4v) is 7.96. The zero-order chi connectivity index (χ0) is 33.6. The maximum Gasteiger partial charge on any atom is 0.245 e. The first-order valence-electron chi connectivity index (χ1n) is 17.3. The van der Waals surface area contributed by atoms with Crippen molar-refractivity contribution in [1.29, 1.82) is 0 Å². The van der Waals surface area contributed by atoms with Crippen molar-refractivity contribution in [2.24, 2.45) is 17.3 Å². The van der Waals surface area contributed by atoms with Gasteiger partial charge in [0.2, 0.25) is 17.7 Å². The smallest absolute Gasteiger partial charge is 0.245 e. The van der Waals surface area contributed by atoms with Crippen molar-refractivity contribution in [3.05, 3.63) is 35.4 Å². The quantitative estimate of drug-likeness (QED) is 0.448. The van der Waals surface area contributed by atoms with Gasteiger partial charge in [-0.2, -0.15) is 0 Å². The minimum Gasteiger partial charge on any atom is -0.378 e. The molecule has 4 fully saturated rings. The van der Waals surface area contributed by atoms with Crippen molar-refractivity contribution < 1.29 is 27.9 Å². The van der Waals surface area contributed by atoms with Crippen LogP contribution in [-0.2, 0) is 19.1 Å². The Morgan fingerprint density at radius 1 is 0.870 bits per heavy atom. The summed E-state index contributed by atoms with van der Waals surface area (Å²) in [5.41, 5.74) is -0.582. The summed E-state index contributed by atoms with van der Waals surface area (Å²) in [6, 6.07) is 2.62. The highest BCUT2D eigenvalue weighted by Gasteiger charge is 2.51. The van der Waals surface area contributed by atoms with E-state index in [1.807, 2.05) is 25.7 Å². The third-order valence-electron chi connectivity index (χ3n) is 10.8. The first-order chi connectivity index (χ1) is 21.6. The summed E-state index contributed by atoms with van der Waals surface area (Å²) in [5, 5.41) is 0. The van der Waals surface area contributed by atoms with Crippen LogP contribution >= 0.6 is 0 Å². The topological polar surface area (TPSA) is 73.4 Å². The van der Waals surface area contributed by atoms with Crippen molar-refractivity contribution in [3.8, 4) is 0 Å². The predicted molar refractivity (Wildman–Crippen MR) is 173 cm³/mol. The van der Waals surface area contributed by atoms with E-state index in [9.17, 15) is 18.8 Å². The fourth-order valence-electron chi connectivity index (χ4n) is 7.96. The third-order valence-corrected chi connectivity index (χ3v) is 10.8. The number of benzene rings is 1.